The van der Waals surface area contributed by atoms with Crippen molar-refractivity contribution in [2.24, 2.45) is 11.8 Å². The second-order valence-corrected chi connectivity index (χ2v) is 5.04. The smallest absolute Gasteiger partial charge is 0.139 e. The summed E-state index contributed by atoms with van der Waals surface area (Å²) in [4.78, 5) is 11.9. The van der Waals surface area contributed by atoms with Gasteiger partial charge in [0, 0.05) is 12.3 Å². The van der Waals surface area contributed by atoms with Crippen LogP contribution in [0.1, 0.15) is 65.2 Å². The van der Waals surface area contributed by atoms with Crippen molar-refractivity contribution in [2.45, 2.75) is 65.2 Å². The van der Waals surface area contributed by atoms with Crippen molar-refractivity contribution < 1.29 is 4.79 Å². The molecule has 92 valence electrons. The van der Waals surface area contributed by atoms with E-state index in [0.29, 0.717) is 11.7 Å². The maximum Gasteiger partial charge on any atom is 0.139 e. The average Bonchev–Trinajstić information content (AvgIpc) is 2.47. The summed E-state index contributed by atoms with van der Waals surface area (Å²) >= 11 is 0. The largest absolute Gasteiger partial charge is 0.299 e. The Labute approximate surface area is 100 Å². The molecule has 1 aliphatic rings. The summed E-state index contributed by atoms with van der Waals surface area (Å²) in [5, 5.41) is 0. The maximum absolute atomic E-state index is 11.9. The maximum atomic E-state index is 11.9. The Morgan fingerprint density at radius 1 is 1.12 bits per heavy atom. The number of hydrogen-bond donors (Lipinski definition) is 0. The minimum Gasteiger partial charge on any atom is -0.299 e. The zero-order valence-electron chi connectivity index (χ0n) is 10.9. The number of allylic oxidation sites excluding steroid dienone is 2. The first-order chi connectivity index (χ1) is 7.77. The molecule has 0 saturated heterocycles. The monoisotopic (exact) mass is 222 g/mol. The average molecular weight is 222 g/mol. The van der Waals surface area contributed by atoms with Crippen LogP contribution in [0.5, 0.6) is 0 Å². The number of hydrogen-bond acceptors (Lipinski definition) is 1. The van der Waals surface area contributed by atoms with Gasteiger partial charge in [-0.05, 0) is 25.2 Å². The molecule has 1 rings (SSSR count). The second-order valence-electron chi connectivity index (χ2n) is 5.04. The lowest BCUT2D eigenvalue weighted by molar-refractivity contribution is -0.121. The summed E-state index contributed by atoms with van der Waals surface area (Å²) in [6.07, 6.45) is 13.7. The predicted molar refractivity (Wildman–Crippen MR) is 69.4 cm³/mol. The zero-order valence-corrected chi connectivity index (χ0v) is 10.9. The zero-order chi connectivity index (χ0) is 11.8. The lowest BCUT2D eigenvalue weighted by Crippen LogP contribution is -2.10. The highest BCUT2D eigenvalue weighted by atomic mass is 16.1. The number of rotatable bonds is 6. The normalized spacial score (nSPS) is 25.8. The fraction of sp³-hybridized carbons (Fsp3) is 0.800. The van der Waals surface area contributed by atoms with Gasteiger partial charge in [-0.15, -0.1) is 0 Å². The highest BCUT2D eigenvalue weighted by molar-refractivity contribution is 5.83. The number of unbranched alkanes of at least 4 members (excludes halogenated alkanes) is 2. The Kier molecular flexibility index (Phi) is 6.44. The van der Waals surface area contributed by atoms with Crippen LogP contribution >= 0.6 is 0 Å². The number of carbonyl (C=O) groups excluding carboxylic acids is 1. The van der Waals surface area contributed by atoms with E-state index in [0.717, 1.165) is 19.3 Å². The third-order valence-corrected chi connectivity index (χ3v) is 3.59. The molecule has 1 heteroatoms. The van der Waals surface area contributed by atoms with Crippen molar-refractivity contribution in [3.8, 4) is 0 Å². The molecule has 0 spiro atoms. The Morgan fingerprint density at radius 2 is 1.81 bits per heavy atom. The SMILES string of the molecule is CCCCC1C=CC(CCCC)C(=O)CC1. The highest BCUT2D eigenvalue weighted by Crippen LogP contribution is 2.25. The van der Waals surface area contributed by atoms with Crippen LogP contribution < -0.4 is 0 Å². The van der Waals surface area contributed by atoms with Crippen LogP contribution in [0.25, 0.3) is 0 Å². The van der Waals surface area contributed by atoms with Gasteiger partial charge in [0.25, 0.3) is 0 Å². The van der Waals surface area contributed by atoms with E-state index in [-0.39, 0.29) is 5.92 Å². The van der Waals surface area contributed by atoms with E-state index in [4.69, 9.17) is 0 Å². The van der Waals surface area contributed by atoms with Gasteiger partial charge in [-0.1, -0.05) is 51.7 Å². The molecule has 16 heavy (non-hydrogen) atoms. The van der Waals surface area contributed by atoms with Gasteiger partial charge in [0.1, 0.15) is 5.78 Å². The quantitative estimate of drug-likeness (QED) is 0.604. The fourth-order valence-corrected chi connectivity index (χ4v) is 2.40. The number of carbonyl (C=O) groups is 1. The molecular formula is C15H26O. The molecule has 0 fully saturated rings. The molecule has 0 bridgehead atoms. The van der Waals surface area contributed by atoms with Crippen LogP contribution in [0.3, 0.4) is 0 Å². The lowest BCUT2D eigenvalue weighted by Gasteiger charge is -2.08. The van der Waals surface area contributed by atoms with Gasteiger partial charge in [-0.2, -0.15) is 0 Å². The molecule has 0 saturated carbocycles. The fourth-order valence-electron chi connectivity index (χ4n) is 2.40. The minimum absolute atomic E-state index is 0.228. The van der Waals surface area contributed by atoms with E-state index in [1.54, 1.807) is 0 Å². The molecule has 0 aliphatic heterocycles. The molecule has 2 atom stereocenters. The van der Waals surface area contributed by atoms with Crippen molar-refractivity contribution >= 4 is 5.78 Å². The van der Waals surface area contributed by atoms with Crippen LogP contribution in [0.4, 0.5) is 0 Å². The van der Waals surface area contributed by atoms with Gasteiger partial charge in [0.05, 0.1) is 0 Å². The van der Waals surface area contributed by atoms with Crippen molar-refractivity contribution in [3.63, 3.8) is 0 Å². The van der Waals surface area contributed by atoms with Crippen molar-refractivity contribution in [3.05, 3.63) is 12.2 Å². The van der Waals surface area contributed by atoms with Crippen molar-refractivity contribution in [2.75, 3.05) is 0 Å². The first-order valence-electron chi connectivity index (χ1n) is 6.99. The molecule has 0 radical (unpaired) electrons. The van der Waals surface area contributed by atoms with Gasteiger partial charge in [-0.25, -0.2) is 0 Å². The molecule has 1 aliphatic carbocycles. The summed E-state index contributed by atoms with van der Waals surface area (Å²) in [6, 6.07) is 0. The van der Waals surface area contributed by atoms with E-state index in [1.165, 1.54) is 32.1 Å². The number of ketones is 1. The Bertz CT molecular complexity index is 230. The summed E-state index contributed by atoms with van der Waals surface area (Å²) in [5.41, 5.74) is 0. The topological polar surface area (TPSA) is 17.1 Å². The highest BCUT2D eigenvalue weighted by Gasteiger charge is 2.19. The van der Waals surface area contributed by atoms with E-state index < -0.39 is 0 Å². The first-order valence-corrected chi connectivity index (χ1v) is 6.99. The van der Waals surface area contributed by atoms with Crippen LogP contribution in [0, 0.1) is 11.8 Å². The third-order valence-electron chi connectivity index (χ3n) is 3.59. The summed E-state index contributed by atoms with van der Waals surface area (Å²) in [5.74, 6) is 1.37. The predicted octanol–water partition coefficient (Wildman–Crippen LogP) is 4.52. The Balaban J connectivity index is 2.44. The van der Waals surface area contributed by atoms with Crippen LogP contribution in [0.15, 0.2) is 12.2 Å². The van der Waals surface area contributed by atoms with E-state index in [1.807, 2.05) is 0 Å². The minimum atomic E-state index is 0.228. The van der Waals surface area contributed by atoms with E-state index in [2.05, 4.69) is 26.0 Å². The van der Waals surface area contributed by atoms with Crippen molar-refractivity contribution in [1.29, 1.82) is 0 Å². The van der Waals surface area contributed by atoms with Gasteiger partial charge in [0.2, 0.25) is 0 Å². The van der Waals surface area contributed by atoms with Crippen molar-refractivity contribution in [1.82, 2.24) is 0 Å². The molecular weight excluding hydrogens is 196 g/mol. The molecule has 0 heterocycles. The molecule has 0 N–H and O–H groups in total. The summed E-state index contributed by atoms with van der Waals surface area (Å²) < 4.78 is 0. The molecule has 1 nitrogen and oxygen atoms in total. The van der Waals surface area contributed by atoms with Gasteiger partial charge in [0.15, 0.2) is 0 Å². The van der Waals surface area contributed by atoms with E-state index >= 15 is 0 Å². The van der Waals surface area contributed by atoms with Crippen LogP contribution in [-0.2, 0) is 4.79 Å². The molecule has 0 amide bonds. The first kappa shape index (κ1) is 13.5. The van der Waals surface area contributed by atoms with Gasteiger partial charge >= 0.3 is 0 Å². The standard InChI is InChI=1S/C15H26O/c1-3-5-7-13-9-11-14(8-6-4-2)15(16)12-10-13/h9,11,13-14H,3-8,10,12H2,1-2H3. The summed E-state index contributed by atoms with van der Waals surface area (Å²) in [6.45, 7) is 4.42. The lowest BCUT2D eigenvalue weighted by atomic mass is 9.95. The van der Waals surface area contributed by atoms with Crippen LogP contribution in [-0.4, -0.2) is 5.78 Å². The molecule has 2 unspecified atom stereocenters. The second kappa shape index (κ2) is 7.65. The Morgan fingerprint density at radius 3 is 2.50 bits per heavy atom. The summed E-state index contributed by atoms with van der Waals surface area (Å²) in [7, 11) is 0. The number of Topliss-reactive ketones (excluding diaryl/α,β-unsaturated/α-hetero) is 1. The van der Waals surface area contributed by atoms with Gasteiger partial charge in [-0.3, -0.25) is 4.79 Å². The van der Waals surface area contributed by atoms with Gasteiger partial charge < -0.3 is 0 Å². The third kappa shape index (κ3) is 4.51. The molecule has 0 aromatic heterocycles. The molecule has 0 aromatic rings. The Hall–Kier alpha value is -0.590. The van der Waals surface area contributed by atoms with Crippen LogP contribution in [0.2, 0.25) is 0 Å². The van der Waals surface area contributed by atoms with E-state index in [9.17, 15) is 4.79 Å². The molecule has 0 aromatic carbocycles.